The average Bonchev–Trinajstić information content (AvgIpc) is 3.21. The molecule has 3 rings (SSSR count). The lowest BCUT2D eigenvalue weighted by Gasteiger charge is -2.17. The highest BCUT2D eigenvalue weighted by Gasteiger charge is 2.18. The Balaban J connectivity index is 1.57. The van der Waals surface area contributed by atoms with Crippen LogP contribution in [0, 0.1) is 0 Å². The molecular formula is C19H20ClN3O5S. The van der Waals surface area contributed by atoms with Crippen LogP contribution in [0.15, 0.2) is 47.4 Å². The minimum Gasteiger partial charge on any atom is -0.452 e. The van der Waals surface area contributed by atoms with Crippen molar-refractivity contribution in [1.29, 1.82) is 0 Å². The van der Waals surface area contributed by atoms with Crippen LogP contribution in [0.25, 0.3) is 0 Å². The Labute approximate surface area is 173 Å². The quantitative estimate of drug-likeness (QED) is 0.669. The van der Waals surface area contributed by atoms with Gasteiger partial charge >= 0.3 is 5.97 Å². The number of nitrogens with one attached hydrogen (secondary N) is 1. The lowest BCUT2D eigenvalue weighted by atomic mass is 10.2. The molecule has 0 radical (unpaired) electrons. The van der Waals surface area contributed by atoms with Crippen molar-refractivity contribution in [2.75, 3.05) is 29.9 Å². The van der Waals surface area contributed by atoms with Crippen molar-refractivity contribution >= 4 is 44.9 Å². The number of carbonyl (C=O) groups is 2. The summed E-state index contributed by atoms with van der Waals surface area (Å²) in [7, 11) is -4.01. The second-order valence-electron chi connectivity index (χ2n) is 6.55. The Morgan fingerprint density at radius 2 is 1.76 bits per heavy atom. The lowest BCUT2D eigenvalue weighted by molar-refractivity contribution is -0.119. The first-order valence-electron chi connectivity index (χ1n) is 8.88. The third-order valence-corrected chi connectivity index (χ3v) is 5.68. The van der Waals surface area contributed by atoms with Crippen LogP contribution in [-0.2, 0) is 19.6 Å². The summed E-state index contributed by atoms with van der Waals surface area (Å²) < 4.78 is 27.8. The fourth-order valence-corrected chi connectivity index (χ4v) is 3.71. The van der Waals surface area contributed by atoms with E-state index in [1.54, 1.807) is 12.1 Å². The normalized spacial score (nSPS) is 13.9. The standard InChI is InChI=1S/C19H20ClN3O5S/c20-17-8-7-15(29(21,26)27)11-16(17)19(25)28-12-18(24)22-13-3-5-14(6-4-13)23-9-1-2-10-23/h3-8,11H,1-2,9-10,12H2,(H,22,24)(H2,21,26,27). The molecule has 29 heavy (non-hydrogen) atoms. The highest BCUT2D eigenvalue weighted by molar-refractivity contribution is 7.89. The van der Waals surface area contributed by atoms with E-state index < -0.39 is 28.5 Å². The zero-order chi connectivity index (χ0) is 21.0. The number of hydrogen-bond acceptors (Lipinski definition) is 6. The third kappa shape index (κ3) is 5.47. The first-order valence-corrected chi connectivity index (χ1v) is 10.8. The third-order valence-electron chi connectivity index (χ3n) is 4.44. The molecule has 1 heterocycles. The first-order chi connectivity index (χ1) is 13.7. The predicted octanol–water partition coefficient (Wildman–Crippen LogP) is 2.38. The van der Waals surface area contributed by atoms with Gasteiger partial charge in [-0.25, -0.2) is 18.4 Å². The highest BCUT2D eigenvalue weighted by atomic mass is 35.5. The van der Waals surface area contributed by atoms with Crippen molar-refractivity contribution in [2.24, 2.45) is 5.14 Å². The van der Waals surface area contributed by atoms with E-state index in [-0.39, 0.29) is 15.5 Å². The molecule has 0 unspecified atom stereocenters. The molecule has 0 aromatic heterocycles. The van der Waals surface area contributed by atoms with Crippen LogP contribution in [0.1, 0.15) is 23.2 Å². The monoisotopic (exact) mass is 437 g/mol. The highest BCUT2D eigenvalue weighted by Crippen LogP contribution is 2.23. The Hall–Kier alpha value is -2.62. The molecule has 0 aliphatic carbocycles. The molecule has 1 saturated heterocycles. The number of nitrogens with zero attached hydrogens (tertiary/aromatic N) is 1. The maximum Gasteiger partial charge on any atom is 0.340 e. The van der Waals surface area contributed by atoms with Gasteiger partial charge in [-0.15, -0.1) is 0 Å². The van der Waals surface area contributed by atoms with Gasteiger partial charge in [0.2, 0.25) is 10.0 Å². The van der Waals surface area contributed by atoms with Crippen molar-refractivity contribution < 1.29 is 22.7 Å². The number of nitrogens with two attached hydrogens (primary N) is 1. The van der Waals surface area contributed by atoms with Gasteiger partial charge in [0.25, 0.3) is 5.91 Å². The van der Waals surface area contributed by atoms with E-state index in [4.69, 9.17) is 21.5 Å². The number of benzene rings is 2. The van der Waals surface area contributed by atoms with Crippen LogP contribution in [-0.4, -0.2) is 40.0 Å². The molecule has 8 nitrogen and oxygen atoms in total. The number of sulfonamides is 1. The molecule has 3 N–H and O–H groups in total. The Morgan fingerprint density at radius 3 is 2.38 bits per heavy atom. The van der Waals surface area contributed by atoms with E-state index in [0.717, 1.165) is 24.8 Å². The van der Waals surface area contributed by atoms with Gasteiger partial charge in [-0.3, -0.25) is 4.79 Å². The predicted molar refractivity (Wildman–Crippen MR) is 110 cm³/mol. The van der Waals surface area contributed by atoms with Crippen LogP contribution >= 0.6 is 11.6 Å². The summed E-state index contributed by atoms with van der Waals surface area (Å²) in [6.07, 6.45) is 2.35. The second kappa shape index (κ2) is 8.81. The zero-order valence-corrected chi connectivity index (χ0v) is 17.0. The van der Waals surface area contributed by atoms with Crippen LogP contribution in [0.2, 0.25) is 5.02 Å². The van der Waals surface area contributed by atoms with Crippen LogP contribution in [0.5, 0.6) is 0 Å². The fourth-order valence-electron chi connectivity index (χ4n) is 2.97. The van der Waals surface area contributed by atoms with E-state index >= 15 is 0 Å². The average molecular weight is 438 g/mol. The SMILES string of the molecule is NS(=O)(=O)c1ccc(Cl)c(C(=O)OCC(=O)Nc2ccc(N3CCCC3)cc2)c1. The number of ether oxygens (including phenoxy) is 1. The molecule has 154 valence electrons. The number of esters is 1. The maximum atomic E-state index is 12.2. The van der Waals surface area contributed by atoms with Gasteiger partial charge in [0.1, 0.15) is 0 Å². The molecule has 0 bridgehead atoms. The Bertz CT molecular complexity index is 1020. The van der Waals surface area contributed by atoms with Crippen LogP contribution in [0.3, 0.4) is 0 Å². The molecule has 0 spiro atoms. The molecule has 1 aliphatic rings. The van der Waals surface area contributed by atoms with Gasteiger partial charge in [0.05, 0.1) is 15.5 Å². The van der Waals surface area contributed by atoms with Gasteiger partial charge < -0.3 is 15.0 Å². The van der Waals surface area contributed by atoms with E-state index in [1.807, 2.05) is 12.1 Å². The number of rotatable bonds is 6. The zero-order valence-electron chi connectivity index (χ0n) is 15.4. The summed E-state index contributed by atoms with van der Waals surface area (Å²) in [6.45, 7) is 1.50. The largest absolute Gasteiger partial charge is 0.452 e. The molecule has 2 aromatic carbocycles. The molecule has 1 amide bonds. The minimum absolute atomic E-state index is 0.0136. The summed E-state index contributed by atoms with van der Waals surface area (Å²) in [4.78, 5) is 26.2. The molecule has 2 aromatic rings. The smallest absolute Gasteiger partial charge is 0.340 e. The molecule has 1 aliphatic heterocycles. The lowest BCUT2D eigenvalue weighted by Crippen LogP contribution is -2.21. The topological polar surface area (TPSA) is 119 Å². The van der Waals surface area contributed by atoms with Crippen molar-refractivity contribution in [3.8, 4) is 0 Å². The summed E-state index contributed by atoms with van der Waals surface area (Å²) in [5.41, 5.74) is 1.47. The van der Waals surface area contributed by atoms with Crippen molar-refractivity contribution in [2.45, 2.75) is 17.7 Å². The van der Waals surface area contributed by atoms with Gasteiger partial charge in [-0.1, -0.05) is 11.6 Å². The number of primary sulfonamides is 1. The molecule has 1 fully saturated rings. The number of anilines is 2. The van der Waals surface area contributed by atoms with Crippen molar-refractivity contribution in [3.05, 3.63) is 53.1 Å². The van der Waals surface area contributed by atoms with Gasteiger partial charge in [0.15, 0.2) is 6.61 Å². The second-order valence-corrected chi connectivity index (χ2v) is 8.52. The molecule has 0 atom stereocenters. The minimum atomic E-state index is -4.01. The van der Waals surface area contributed by atoms with Crippen LogP contribution < -0.4 is 15.4 Å². The van der Waals surface area contributed by atoms with Gasteiger partial charge in [-0.2, -0.15) is 0 Å². The van der Waals surface area contributed by atoms with Crippen molar-refractivity contribution in [3.63, 3.8) is 0 Å². The fraction of sp³-hybridized carbons (Fsp3) is 0.263. The van der Waals surface area contributed by atoms with Crippen molar-refractivity contribution in [1.82, 2.24) is 0 Å². The van der Waals surface area contributed by atoms with Crippen LogP contribution in [0.4, 0.5) is 11.4 Å². The molecular weight excluding hydrogens is 418 g/mol. The molecule has 10 heteroatoms. The van der Waals surface area contributed by atoms with E-state index in [9.17, 15) is 18.0 Å². The van der Waals surface area contributed by atoms with Gasteiger partial charge in [0, 0.05) is 24.5 Å². The number of amides is 1. The first kappa shape index (κ1) is 21.1. The van der Waals surface area contributed by atoms with Gasteiger partial charge in [-0.05, 0) is 55.3 Å². The summed E-state index contributed by atoms with van der Waals surface area (Å²) in [5.74, 6) is -1.47. The van der Waals surface area contributed by atoms with E-state index in [2.05, 4.69) is 10.2 Å². The Morgan fingerprint density at radius 1 is 1.10 bits per heavy atom. The van der Waals surface area contributed by atoms with E-state index in [0.29, 0.717) is 5.69 Å². The number of halogens is 1. The van der Waals surface area contributed by atoms with E-state index in [1.165, 1.54) is 25.0 Å². The number of carbonyl (C=O) groups excluding carboxylic acids is 2. The summed E-state index contributed by atoms with van der Waals surface area (Å²) >= 11 is 5.91. The number of hydrogen-bond donors (Lipinski definition) is 2. The summed E-state index contributed by atoms with van der Waals surface area (Å²) in [5, 5.41) is 7.66. The summed E-state index contributed by atoms with van der Waals surface area (Å²) in [6, 6.07) is 10.8. The maximum absolute atomic E-state index is 12.2. The Kier molecular flexibility index (Phi) is 6.41. The molecule has 0 saturated carbocycles.